The Hall–Kier alpha value is -3.13. The maximum absolute atomic E-state index is 12.1. The van der Waals surface area contributed by atoms with Crippen LogP contribution in [0.15, 0.2) is 42.0 Å². The minimum atomic E-state index is -0.459. The van der Waals surface area contributed by atoms with E-state index in [1.807, 2.05) is 19.9 Å². The average Bonchev–Trinajstić information content (AvgIpc) is 2.70. The minimum Gasteiger partial charge on any atom is -0.493 e. The lowest BCUT2D eigenvalue weighted by Crippen LogP contribution is -2.30. The molecule has 9 heteroatoms. The van der Waals surface area contributed by atoms with Gasteiger partial charge in [-0.15, -0.1) is 0 Å². The van der Waals surface area contributed by atoms with Crippen LogP contribution in [0.2, 0.25) is 0 Å². The molecule has 0 radical (unpaired) electrons. The topological polar surface area (TPSA) is 114 Å². The molecule has 1 amide bonds. The summed E-state index contributed by atoms with van der Waals surface area (Å²) in [6, 6.07) is 11.4. The van der Waals surface area contributed by atoms with Gasteiger partial charge in [0.25, 0.3) is 11.6 Å². The number of nitrogens with one attached hydrogen (secondary N) is 1. The third kappa shape index (κ3) is 6.18. The smallest absolute Gasteiger partial charge is 0.269 e. The van der Waals surface area contributed by atoms with Crippen LogP contribution in [-0.2, 0) is 11.4 Å². The molecule has 156 valence electrons. The highest BCUT2D eigenvalue weighted by Crippen LogP contribution is 2.35. The SMILES string of the molecule is COc1cc(/C=C(/C#N)C(=O)NC(C)C)cc(I)c1OCc1ccc([N+](=O)[O-])cc1. The number of carbonyl (C=O) groups is 1. The summed E-state index contributed by atoms with van der Waals surface area (Å²) in [4.78, 5) is 22.4. The Morgan fingerprint density at radius 2 is 2.00 bits per heavy atom. The third-order valence-corrected chi connectivity index (χ3v) is 4.68. The van der Waals surface area contributed by atoms with Crippen molar-refractivity contribution in [1.82, 2.24) is 5.32 Å². The highest BCUT2D eigenvalue weighted by molar-refractivity contribution is 14.1. The van der Waals surface area contributed by atoms with Crippen molar-refractivity contribution < 1.29 is 19.2 Å². The van der Waals surface area contributed by atoms with Gasteiger partial charge in [-0.3, -0.25) is 14.9 Å². The lowest BCUT2D eigenvalue weighted by atomic mass is 10.1. The van der Waals surface area contributed by atoms with E-state index in [0.29, 0.717) is 17.1 Å². The highest BCUT2D eigenvalue weighted by atomic mass is 127. The lowest BCUT2D eigenvalue weighted by molar-refractivity contribution is -0.384. The predicted octanol–water partition coefficient (Wildman–Crippen LogP) is 4.22. The average molecular weight is 521 g/mol. The number of methoxy groups -OCH3 is 1. The first-order valence-electron chi connectivity index (χ1n) is 8.91. The van der Waals surface area contributed by atoms with Gasteiger partial charge in [-0.2, -0.15) is 5.26 Å². The first kappa shape index (κ1) is 23.2. The summed E-state index contributed by atoms with van der Waals surface area (Å²) in [5.41, 5.74) is 1.38. The molecule has 0 aliphatic rings. The second kappa shape index (κ2) is 10.6. The van der Waals surface area contributed by atoms with Crippen molar-refractivity contribution in [2.24, 2.45) is 0 Å². The van der Waals surface area contributed by atoms with Crippen LogP contribution in [0, 0.1) is 25.0 Å². The number of nitro groups is 1. The van der Waals surface area contributed by atoms with E-state index in [-0.39, 0.29) is 23.9 Å². The molecule has 0 heterocycles. The van der Waals surface area contributed by atoms with Crippen molar-refractivity contribution in [2.75, 3.05) is 7.11 Å². The second-order valence-corrected chi connectivity index (χ2v) is 7.71. The maximum atomic E-state index is 12.1. The summed E-state index contributed by atoms with van der Waals surface area (Å²) < 4.78 is 12.0. The molecule has 8 nitrogen and oxygen atoms in total. The van der Waals surface area contributed by atoms with Crippen LogP contribution in [0.5, 0.6) is 11.5 Å². The van der Waals surface area contributed by atoms with E-state index in [1.54, 1.807) is 24.3 Å². The molecule has 2 aromatic rings. The number of benzene rings is 2. The number of non-ortho nitro benzene ring substituents is 1. The van der Waals surface area contributed by atoms with Gasteiger partial charge in [0.2, 0.25) is 0 Å². The van der Waals surface area contributed by atoms with Crippen molar-refractivity contribution in [3.8, 4) is 17.6 Å². The fourth-order valence-corrected chi connectivity index (χ4v) is 3.27. The van der Waals surface area contributed by atoms with Crippen LogP contribution < -0.4 is 14.8 Å². The monoisotopic (exact) mass is 521 g/mol. The van der Waals surface area contributed by atoms with Gasteiger partial charge in [0.1, 0.15) is 18.2 Å². The van der Waals surface area contributed by atoms with E-state index in [1.165, 1.54) is 25.3 Å². The number of nitrogens with zero attached hydrogens (tertiary/aromatic N) is 2. The van der Waals surface area contributed by atoms with Crippen LogP contribution in [-0.4, -0.2) is 24.0 Å². The third-order valence-electron chi connectivity index (χ3n) is 3.88. The number of hydrogen-bond acceptors (Lipinski definition) is 6. The first-order valence-corrected chi connectivity index (χ1v) is 9.99. The molecule has 0 aromatic heterocycles. The molecular formula is C21H20IN3O5. The zero-order chi connectivity index (χ0) is 22.3. The van der Waals surface area contributed by atoms with Crippen LogP contribution in [0.3, 0.4) is 0 Å². The largest absolute Gasteiger partial charge is 0.493 e. The van der Waals surface area contributed by atoms with Gasteiger partial charge in [-0.25, -0.2) is 0 Å². The molecule has 0 bridgehead atoms. The Morgan fingerprint density at radius 3 is 2.53 bits per heavy atom. The molecule has 1 N–H and O–H groups in total. The van der Waals surface area contributed by atoms with Gasteiger partial charge in [0.15, 0.2) is 11.5 Å². The van der Waals surface area contributed by atoms with Gasteiger partial charge in [0.05, 0.1) is 15.6 Å². The number of nitriles is 1. The van der Waals surface area contributed by atoms with Crippen molar-refractivity contribution in [3.63, 3.8) is 0 Å². The van der Waals surface area contributed by atoms with Gasteiger partial charge in [0, 0.05) is 18.2 Å². The number of ether oxygens (including phenoxy) is 2. The van der Waals surface area contributed by atoms with E-state index < -0.39 is 10.8 Å². The lowest BCUT2D eigenvalue weighted by Gasteiger charge is -2.14. The fraction of sp³-hybridized carbons (Fsp3) is 0.238. The molecule has 0 fully saturated rings. The summed E-state index contributed by atoms with van der Waals surface area (Å²) >= 11 is 2.08. The molecule has 0 aliphatic heterocycles. The molecule has 0 spiro atoms. The van der Waals surface area contributed by atoms with Gasteiger partial charge in [-0.1, -0.05) is 0 Å². The van der Waals surface area contributed by atoms with Gasteiger partial charge in [-0.05, 0) is 77.9 Å². The van der Waals surface area contributed by atoms with Crippen LogP contribution in [0.25, 0.3) is 6.08 Å². The predicted molar refractivity (Wildman–Crippen MR) is 120 cm³/mol. The number of carbonyl (C=O) groups excluding carboxylic acids is 1. The molecule has 0 aliphatic carbocycles. The van der Waals surface area contributed by atoms with Crippen molar-refractivity contribution >= 4 is 40.3 Å². The fourth-order valence-electron chi connectivity index (χ4n) is 2.49. The quantitative estimate of drug-likeness (QED) is 0.183. The normalized spacial score (nSPS) is 11.0. The van der Waals surface area contributed by atoms with E-state index in [2.05, 4.69) is 27.9 Å². The Morgan fingerprint density at radius 1 is 1.33 bits per heavy atom. The number of rotatable bonds is 8. The van der Waals surface area contributed by atoms with E-state index in [9.17, 15) is 20.2 Å². The molecule has 0 atom stereocenters. The highest BCUT2D eigenvalue weighted by Gasteiger charge is 2.15. The Labute approximate surface area is 187 Å². The van der Waals surface area contributed by atoms with Gasteiger partial charge < -0.3 is 14.8 Å². The van der Waals surface area contributed by atoms with E-state index >= 15 is 0 Å². The zero-order valence-corrected chi connectivity index (χ0v) is 18.8. The van der Waals surface area contributed by atoms with Gasteiger partial charge >= 0.3 is 0 Å². The molecule has 30 heavy (non-hydrogen) atoms. The standard InChI is InChI=1S/C21H20IN3O5/c1-13(2)24-21(26)16(11-23)8-15-9-18(22)20(19(10-15)29-3)30-12-14-4-6-17(7-5-14)25(27)28/h4-10,13H,12H2,1-3H3,(H,24,26)/b16-8-. The Balaban J connectivity index is 2.24. The molecule has 0 unspecified atom stereocenters. The Bertz CT molecular complexity index is 1010. The van der Waals surface area contributed by atoms with Crippen molar-refractivity contribution in [2.45, 2.75) is 26.5 Å². The molecule has 2 rings (SSSR count). The zero-order valence-electron chi connectivity index (χ0n) is 16.6. The van der Waals surface area contributed by atoms with Crippen molar-refractivity contribution in [1.29, 1.82) is 5.26 Å². The molecule has 0 saturated heterocycles. The number of halogens is 1. The summed E-state index contributed by atoms with van der Waals surface area (Å²) in [5.74, 6) is 0.496. The van der Waals surface area contributed by atoms with E-state index in [0.717, 1.165) is 9.13 Å². The van der Waals surface area contributed by atoms with Crippen LogP contribution in [0.1, 0.15) is 25.0 Å². The summed E-state index contributed by atoms with van der Waals surface area (Å²) in [7, 11) is 1.49. The second-order valence-electron chi connectivity index (χ2n) is 6.54. The molecular weight excluding hydrogens is 501 g/mol. The van der Waals surface area contributed by atoms with E-state index in [4.69, 9.17) is 9.47 Å². The van der Waals surface area contributed by atoms with Crippen LogP contribution >= 0.6 is 22.6 Å². The maximum Gasteiger partial charge on any atom is 0.269 e. The first-order chi connectivity index (χ1) is 14.2. The summed E-state index contributed by atoms with van der Waals surface area (Å²) in [6.07, 6.45) is 1.49. The molecule has 2 aromatic carbocycles. The Kier molecular flexibility index (Phi) is 8.17. The minimum absolute atomic E-state index is 0.0110. The number of nitro benzene ring substituents is 1. The summed E-state index contributed by atoms with van der Waals surface area (Å²) in [6.45, 7) is 3.83. The number of amides is 1. The summed E-state index contributed by atoms with van der Waals surface area (Å²) in [5, 5.41) is 22.7. The molecule has 0 saturated carbocycles. The number of hydrogen-bond donors (Lipinski definition) is 1. The van der Waals surface area contributed by atoms with Crippen LogP contribution in [0.4, 0.5) is 5.69 Å². The van der Waals surface area contributed by atoms with Crippen molar-refractivity contribution in [3.05, 3.63) is 66.8 Å².